The van der Waals surface area contributed by atoms with E-state index >= 15 is 0 Å². The lowest BCUT2D eigenvalue weighted by atomic mass is 9.86. The lowest BCUT2D eigenvalue weighted by Gasteiger charge is -2.29. The zero-order chi connectivity index (χ0) is 26.3. The molecule has 1 aliphatic heterocycles. The van der Waals surface area contributed by atoms with Crippen LogP contribution in [0.2, 0.25) is 15.1 Å². The minimum Gasteiger partial charge on any atom is -0.374 e. The average Bonchev–Trinajstić information content (AvgIpc) is 3.25. The van der Waals surface area contributed by atoms with Crippen LogP contribution in [0.4, 0.5) is 13.2 Å². The number of halogens is 6. The fraction of sp³-hybridized carbons (Fsp3) is 0.167. The van der Waals surface area contributed by atoms with Gasteiger partial charge in [0.2, 0.25) is 0 Å². The molecule has 12 heteroatoms. The van der Waals surface area contributed by atoms with Crippen molar-refractivity contribution in [3.8, 4) is 0 Å². The fourth-order valence-corrected chi connectivity index (χ4v) is 5.60. The number of rotatable bonds is 4. The number of amides is 1. The maximum absolute atomic E-state index is 14.2. The van der Waals surface area contributed by atoms with Crippen LogP contribution in [0.15, 0.2) is 81.1 Å². The first kappa shape index (κ1) is 26.5. The van der Waals surface area contributed by atoms with Gasteiger partial charge in [-0.3, -0.25) is 4.79 Å². The number of carbonyl (C=O) groups is 1. The SMILES string of the molecule is CS(=O)(=NC(=O)c1ccc(C2=NOC(c3cc(Cl)cc(Cl)c3)(C(F)(F)F)C2)cc1)c1cccc(Cl)c1. The molecule has 0 bridgehead atoms. The van der Waals surface area contributed by atoms with E-state index in [-0.39, 0.29) is 26.9 Å². The number of nitrogens with zero attached hydrogens (tertiary/aromatic N) is 2. The Balaban J connectivity index is 1.60. The van der Waals surface area contributed by atoms with Crippen molar-refractivity contribution >= 4 is 56.2 Å². The fourth-order valence-electron chi connectivity index (χ4n) is 3.62. The van der Waals surface area contributed by atoms with Gasteiger partial charge in [-0.25, -0.2) is 4.21 Å². The maximum atomic E-state index is 14.2. The van der Waals surface area contributed by atoms with Gasteiger partial charge in [-0.1, -0.05) is 58.2 Å². The van der Waals surface area contributed by atoms with Gasteiger partial charge in [-0.2, -0.15) is 17.5 Å². The smallest absolute Gasteiger partial charge is 0.374 e. The van der Waals surface area contributed by atoms with Crippen LogP contribution in [0.3, 0.4) is 0 Å². The molecule has 4 rings (SSSR count). The van der Waals surface area contributed by atoms with Crippen molar-refractivity contribution in [1.29, 1.82) is 0 Å². The second kappa shape index (κ2) is 9.70. The van der Waals surface area contributed by atoms with Gasteiger partial charge in [-0.15, -0.1) is 0 Å². The van der Waals surface area contributed by atoms with E-state index in [1.54, 1.807) is 18.2 Å². The Hall–Kier alpha value is -2.59. The summed E-state index contributed by atoms with van der Waals surface area (Å²) in [7, 11) is -3.07. The second-order valence-corrected chi connectivity index (χ2v) is 11.6. The van der Waals surface area contributed by atoms with E-state index < -0.39 is 33.8 Å². The Labute approximate surface area is 220 Å². The first-order valence-electron chi connectivity index (χ1n) is 10.2. The van der Waals surface area contributed by atoms with E-state index in [9.17, 15) is 22.2 Å². The molecule has 0 spiro atoms. The molecule has 0 saturated heterocycles. The highest BCUT2D eigenvalue weighted by atomic mass is 35.5. The molecular formula is C24H16Cl3F3N2O3S. The monoisotopic (exact) mass is 574 g/mol. The van der Waals surface area contributed by atoms with Crippen LogP contribution in [0.5, 0.6) is 0 Å². The molecule has 0 N–H and O–H groups in total. The number of carbonyl (C=O) groups excluding carboxylic acids is 1. The van der Waals surface area contributed by atoms with E-state index in [4.69, 9.17) is 39.6 Å². The Morgan fingerprint density at radius 1 is 1.00 bits per heavy atom. The van der Waals surface area contributed by atoms with Crippen LogP contribution in [0.1, 0.15) is 27.9 Å². The first-order valence-corrected chi connectivity index (χ1v) is 13.3. The molecular weight excluding hydrogens is 560 g/mol. The van der Waals surface area contributed by atoms with E-state index in [0.29, 0.717) is 15.5 Å². The molecule has 0 saturated carbocycles. The molecule has 0 fully saturated rings. The molecule has 1 aliphatic rings. The minimum atomic E-state index is -4.83. The summed E-state index contributed by atoms with van der Waals surface area (Å²) in [6.45, 7) is 0. The third-order valence-electron chi connectivity index (χ3n) is 5.47. The third-order valence-corrected chi connectivity index (χ3v) is 7.78. The second-order valence-electron chi connectivity index (χ2n) is 8.02. The van der Waals surface area contributed by atoms with Crippen LogP contribution < -0.4 is 0 Å². The molecule has 0 aromatic heterocycles. The van der Waals surface area contributed by atoms with Crippen LogP contribution in [0.25, 0.3) is 0 Å². The largest absolute Gasteiger partial charge is 0.435 e. The maximum Gasteiger partial charge on any atom is 0.435 e. The van der Waals surface area contributed by atoms with Crippen LogP contribution >= 0.6 is 34.8 Å². The predicted octanol–water partition coefficient (Wildman–Crippen LogP) is 7.53. The molecule has 0 radical (unpaired) electrons. The van der Waals surface area contributed by atoms with Gasteiger partial charge in [0.1, 0.15) is 0 Å². The number of benzene rings is 3. The molecule has 1 amide bonds. The van der Waals surface area contributed by atoms with Crippen molar-refractivity contribution in [1.82, 2.24) is 0 Å². The van der Waals surface area contributed by atoms with Crippen molar-refractivity contribution in [2.45, 2.75) is 23.1 Å². The Morgan fingerprint density at radius 3 is 2.22 bits per heavy atom. The summed E-state index contributed by atoms with van der Waals surface area (Å²) in [6, 6.07) is 15.3. The molecule has 5 nitrogen and oxygen atoms in total. The van der Waals surface area contributed by atoms with Gasteiger partial charge in [0.25, 0.3) is 11.5 Å². The Bertz CT molecular complexity index is 1480. The summed E-state index contributed by atoms with van der Waals surface area (Å²) >= 11 is 17.8. The zero-order valence-corrected chi connectivity index (χ0v) is 21.4. The van der Waals surface area contributed by atoms with Crippen molar-refractivity contribution in [2.75, 3.05) is 6.26 Å². The van der Waals surface area contributed by atoms with Gasteiger partial charge < -0.3 is 4.84 Å². The molecule has 36 heavy (non-hydrogen) atoms. The highest BCUT2D eigenvalue weighted by Gasteiger charge is 2.62. The van der Waals surface area contributed by atoms with Gasteiger partial charge in [-0.05, 0) is 54.1 Å². The molecule has 1 heterocycles. The molecule has 2 unspecified atom stereocenters. The average molecular weight is 576 g/mol. The van der Waals surface area contributed by atoms with E-state index in [1.165, 1.54) is 42.7 Å². The van der Waals surface area contributed by atoms with Crippen molar-refractivity contribution < 1.29 is 27.0 Å². The molecule has 188 valence electrons. The van der Waals surface area contributed by atoms with Crippen molar-refractivity contribution in [3.63, 3.8) is 0 Å². The quantitative estimate of drug-likeness (QED) is 0.323. The van der Waals surface area contributed by atoms with Crippen molar-refractivity contribution in [3.05, 3.63) is 98.5 Å². The Kier molecular flexibility index (Phi) is 7.13. The van der Waals surface area contributed by atoms with Gasteiger partial charge >= 0.3 is 6.18 Å². The number of oxime groups is 1. The summed E-state index contributed by atoms with van der Waals surface area (Å²) in [5.41, 5.74) is -2.64. The minimum absolute atomic E-state index is 0.0116. The Morgan fingerprint density at radius 2 is 1.64 bits per heavy atom. The summed E-state index contributed by atoms with van der Waals surface area (Å²) < 4.78 is 59.3. The predicted molar refractivity (Wildman–Crippen MR) is 133 cm³/mol. The van der Waals surface area contributed by atoms with Crippen LogP contribution in [-0.2, 0) is 20.2 Å². The van der Waals surface area contributed by atoms with Gasteiger partial charge in [0, 0.05) is 43.8 Å². The van der Waals surface area contributed by atoms with Crippen LogP contribution in [-0.4, -0.2) is 28.3 Å². The molecule has 3 aromatic carbocycles. The first-order chi connectivity index (χ1) is 16.8. The normalized spacial score (nSPS) is 19.2. The number of alkyl halides is 3. The topological polar surface area (TPSA) is 68.1 Å². The standard InChI is InChI=1S/C24H16Cl3F3N2O3S/c1-36(34,20-4-2-3-17(25)12-20)32-22(33)15-7-5-14(6-8-15)21-13-23(35-31-21,24(28,29)30)16-9-18(26)11-19(27)10-16/h2-12H,13H2,1H3. The van der Waals surface area contributed by atoms with E-state index in [2.05, 4.69) is 9.52 Å². The lowest BCUT2D eigenvalue weighted by Crippen LogP contribution is -2.42. The van der Waals surface area contributed by atoms with Gasteiger partial charge in [0.05, 0.1) is 15.4 Å². The third kappa shape index (κ3) is 5.25. The van der Waals surface area contributed by atoms with E-state index in [0.717, 1.165) is 12.1 Å². The zero-order valence-electron chi connectivity index (χ0n) is 18.4. The molecule has 2 atom stereocenters. The van der Waals surface area contributed by atoms with Crippen molar-refractivity contribution in [2.24, 2.45) is 9.52 Å². The summed E-state index contributed by atoms with van der Waals surface area (Å²) in [5.74, 6) is -0.753. The molecule has 3 aromatic rings. The summed E-state index contributed by atoms with van der Waals surface area (Å²) in [4.78, 5) is 17.9. The number of hydrogen-bond donors (Lipinski definition) is 0. The van der Waals surface area contributed by atoms with Crippen LogP contribution in [0, 0.1) is 0 Å². The lowest BCUT2D eigenvalue weighted by molar-refractivity contribution is -0.275. The molecule has 0 aliphatic carbocycles. The summed E-state index contributed by atoms with van der Waals surface area (Å²) in [5, 5.41) is 4.08. The van der Waals surface area contributed by atoms with Gasteiger partial charge in [0.15, 0.2) is 0 Å². The summed E-state index contributed by atoms with van der Waals surface area (Å²) in [6.07, 6.45) is -4.15. The highest BCUT2D eigenvalue weighted by Crippen LogP contribution is 2.49. The highest BCUT2D eigenvalue weighted by molar-refractivity contribution is 7.93. The number of hydrogen-bond acceptors (Lipinski definition) is 4. The van der Waals surface area contributed by atoms with E-state index in [1.807, 2.05) is 0 Å².